The number of hydrogen-bond donors (Lipinski definition) is 3. The molecule has 26 heavy (non-hydrogen) atoms. The Kier molecular flexibility index (Phi) is 7.36. The van der Waals surface area contributed by atoms with Gasteiger partial charge in [-0.15, -0.1) is 0 Å². The van der Waals surface area contributed by atoms with Gasteiger partial charge in [-0.3, -0.25) is 14.9 Å². The second kappa shape index (κ2) is 9.73. The molecule has 2 unspecified atom stereocenters. The highest BCUT2D eigenvalue weighted by Crippen LogP contribution is 2.21. The molecular formula is C21H26N2O3. The van der Waals surface area contributed by atoms with Crippen molar-refractivity contribution < 1.29 is 14.7 Å². The average Bonchev–Trinajstić information content (AvgIpc) is 2.66. The maximum absolute atomic E-state index is 12.7. The SMILES string of the molecule is CCCC(NC(C)C(=O)NC(c1ccccc1)c1ccccc1)C(=O)O. The molecular weight excluding hydrogens is 328 g/mol. The Bertz CT molecular complexity index is 664. The first-order valence-corrected chi connectivity index (χ1v) is 8.92. The number of benzene rings is 2. The highest BCUT2D eigenvalue weighted by atomic mass is 16.4. The van der Waals surface area contributed by atoms with Gasteiger partial charge in [-0.25, -0.2) is 0 Å². The number of amides is 1. The lowest BCUT2D eigenvalue weighted by atomic mass is 9.98. The second-order valence-corrected chi connectivity index (χ2v) is 6.33. The van der Waals surface area contributed by atoms with Gasteiger partial charge >= 0.3 is 5.97 Å². The zero-order valence-corrected chi connectivity index (χ0v) is 15.2. The van der Waals surface area contributed by atoms with E-state index in [1.54, 1.807) is 6.92 Å². The molecule has 2 aromatic carbocycles. The van der Waals surface area contributed by atoms with Crippen molar-refractivity contribution in [1.29, 1.82) is 0 Å². The fraction of sp³-hybridized carbons (Fsp3) is 0.333. The van der Waals surface area contributed by atoms with Gasteiger partial charge < -0.3 is 10.4 Å². The summed E-state index contributed by atoms with van der Waals surface area (Å²) in [6.07, 6.45) is 1.21. The Balaban J connectivity index is 2.15. The molecule has 138 valence electrons. The first-order valence-electron chi connectivity index (χ1n) is 8.92. The van der Waals surface area contributed by atoms with Gasteiger partial charge in [0.25, 0.3) is 0 Å². The van der Waals surface area contributed by atoms with Crippen LogP contribution in [0.5, 0.6) is 0 Å². The van der Waals surface area contributed by atoms with E-state index < -0.39 is 18.1 Å². The molecule has 0 saturated carbocycles. The zero-order chi connectivity index (χ0) is 18.9. The Labute approximate surface area is 154 Å². The topological polar surface area (TPSA) is 78.4 Å². The van der Waals surface area contributed by atoms with Crippen LogP contribution in [0.15, 0.2) is 60.7 Å². The van der Waals surface area contributed by atoms with Gasteiger partial charge in [-0.1, -0.05) is 74.0 Å². The number of carbonyl (C=O) groups excluding carboxylic acids is 1. The van der Waals surface area contributed by atoms with Crippen LogP contribution in [0, 0.1) is 0 Å². The Hall–Kier alpha value is -2.66. The van der Waals surface area contributed by atoms with E-state index in [-0.39, 0.29) is 11.9 Å². The summed E-state index contributed by atoms with van der Waals surface area (Å²) in [5, 5.41) is 15.2. The minimum atomic E-state index is -0.936. The maximum atomic E-state index is 12.7. The number of nitrogens with one attached hydrogen (secondary N) is 2. The number of hydrogen-bond acceptors (Lipinski definition) is 3. The molecule has 0 spiro atoms. The molecule has 0 saturated heterocycles. The molecule has 0 heterocycles. The first-order chi connectivity index (χ1) is 12.5. The van der Waals surface area contributed by atoms with E-state index in [2.05, 4.69) is 10.6 Å². The van der Waals surface area contributed by atoms with Crippen molar-refractivity contribution in [2.24, 2.45) is 0 Å². The molecule has 1 amide bonds. The van der Waals surface area contributed by atoms with Crippen LogP contribution in [-0.4, -0.2) is 29.1 Å². The molecule has 0 radical (unpaired) electrons. The first kappa shape index (κ1) is 19.7. The fourth-order valence-electron chi connectivity index (χ4n) is 2.86. The van der Waals surface area contributed by atoms with E-state index in [1.807, 2.05) is 67.6 Å². The average molecular weight is 354 g/mol. The summed E-state index contributed by atoms with van der Waals surface area (Å²) in [4.78, 5) is 24.0. The zero-order valence-electron chi connectivity index (χ0n) is 15.2. The van der Waals surface area contributed by atoms with Gasteiger partial charge in [-0.05, 0) is 24.5 Å². The van der Waals surface area contributed by atoms with Crippen molar-refractivity contribution >= 4 is 11.9 Å². The van der Waals surface area contributed by atoms with Crippen molar-refractivity contribution in [3.05, 3.63) is 71.8 Å². The van der Waals surface area contributed by atoms with E-state index in [4.69, 9.17) is 0 Å². The predicted octanol–water partition coefficient (Wildman–Crippen LogP) is 3.12. The van der Waals surface area contributed by atoms with Gasteiger partial charge in [0.15, 0.2) is 0 Å². The molecule has 5 heteroatoms. The van der Waals surface area contributed by atoms with Crippen molar-refractivity contribution in [2.75, 3.05) is 0 Å². The third-order valence-corrected chi connectivity index (χ3v) is 4.27. The second-order valence-electron chi connectivity index (χ2n) is 6.33. The lowest BCUT2D eigenvalue weighted by molar-refractivity contribution is -0.140. The van der Waals surface area contributed by atoms with Crippen LogP contribution in [0.2, 0.25) is 0 Å². The standard InChI is InChI=1S/C21H26N2O3/c1-3-10-18(21(25)26)22-15(2)20(24)23-19(16-11-6-4-7-12-16)17-13-8-5-9-14-17/h4-9,11-15,18-19,22H,3,10H2,1-2H3,(H,23,24)(H,25,26). The van der Waals surface area contributed by atoms with E-state index in [9.17, 15) is 14.7 Å². The van der Waals surface area contributed by atoms with Gasteiger partial charge in [0.2, 0.25) is 5.91 Å². The minimum absolute atomic E-state index is 0.231. The van der Waals surface area contributed by atoms with Crippen LogP contribution in [0.4, 0.5) is 0 Å². The molecule has 0 aliphatic heterocycles. The van der Waals surface area contributed by atoms with E-state index in [1.165, 1.54) is 0 Å². The predicted molar refractivity (Wildman–Crippen MR) is 102 cm³/mol. The molecule has 3 N–H and O–H groups in total. The molecule has 2 atom stereocenters. The molecule has 0 aliphatic carbocycles. The molecule has 0 aromatic heterocycles. The highest BCUT2D eigenvalue weighted by Gasteiger charge is 2.24. The van der Waals surface area contributed by atoms with Gasteiger partial charge in [0.05, 0.1) is 12.1 Å². The Morgan fingerprint density at radius 2 is 1.46 bits per heavy atom. The summed E-state index contributed by atoms with van der Waals surface area (Å²) < 4.78 is 0. The molecule has 2 rings (SSSR count). The molecule has 0 bridgehead atoms. The largest absolute Gasteiger partial charge is 0.480 e. The van der Waals surface area contributed by atoms with Crippen LogP contribution in [0.1, 0.15) is 43.9 Å². The number of aliphatic carboxylic acids is 1. The van der Waals surface area contributed by atoms with Crippen LogP contribution < -0.4 is 10.6 Å². The normalized spacial score (nSPS) is 13.2. The lowest BCUT2D eigenvalue weighted by Gasteiger charge is -2.24. The van der Waals surface area contributed by atoms with Gasteiger partial charge in [-0.2, -0.15) is 0 Å². The summed E-state index contributed by atoms with van der Waals surface area (Å²) in [6, 6.07) is 17.8. The monoisotopic (exact) mass is 354 g/mol. The summed E-state index contributed by atoms with van der Waals surface area (Å²) in [6.45, 7) is 3.61. The third kappa shape index (κ3) is 5.43. The summed E-state index contributed by atoms with van der Waals surface area (Å²) in [5.74, 6) is -1.17. The highest BCUT2D eigenvalue weighted by molar-refractivity contribution is 5.83. The number of rotatable bonds is 9. The molecule has 0 fully saturated rings. The third-order valence-electron chi connectivity index (χ3n) is 4.27. The van der Waals surface area contributed by atoms with Crippen LogP contribution in [0.25, 0.3) is 0 Å². The lowest BCUT2D eigenvalue weighted by Crippen LogP contribution is -2.50. The van der Waals surface area contributed by atoms with Crippen LogP contribution in [-0.2, 0) is 9.59 Å². The maximum Gasteiger partial charge on any atom is 0.320 e. The van der Waals surface area contributed by atoms with Crippen molar-refractivity contribution in [3.8, 4) is 0 Å². The smallest absolute Gasteiger partial charge is 0.320 e. The fourth-order valence-corrected chi connectivity index (χ4v) is 2.86. The Morgan fingerprint density at radius 3 is 1.88 bits per heavy atom. The van der Waals surface area contributed by atoms with E-state index in [0.29, 0.717) is 6.42 Å². The van der Waals surface area contributed by atoms with Crippen molar-refractivity contribution in [1.82, 2.24) is 10.6 Å². The quantitative estimate of drug-likeness (QED) is 0.646. The molecule has 0 aliphatic rings. The molecule has 5 nitrogen and oxygen atoms in total. The van der Waals surface area contributed by atoms with Gasteiger partial charge in [0, 0.05) is 0 Å². The van der Waals surface area contributed by atoms with Crippen molar-refractivity contribution in [2.45, 2.75) is 44.8 Å². The van der Waals surface area contributed by atoms with Crippen LogP contribution in [0.3, 0.4) is 0 Å². The van der Waals surface area contributed by atoms with Gasteiger partial charge in [0.1, 0.15) is 6.04 Å². The minimum Gasteiger partial charge on any atom is -0.480 e. The Morgan fingerprint density at radius 1 is 0.962 bits per heavy atom. The van der Waals surface area contributed by atoms with Crippen molar-refractivity contribution in [3.63, 3.8) is 0 Å². The number of carboxylic acids is 1. The van der Waals surface area contributed by atoms with E-state index >= 15 is 0 Å². The summed E-state index contributed by atoms with van der Waals surface area (Å²) in [7, 11) is 0. The van der Waals surface area contributed by atoms with Crippen LogP contribution >= 0.6 is 0 Å². The summed E-state index contributed by atoms with van der Waals surface area (Å²) >= 11 is 0. The molecule has 2 aromatic rings. The summed E-state index contributed by atoms with van der Waals surface area (Å²) in [5.41, 5.74) is 1.95. The van der Waals surface area contributed by atoms with E-state index in [0.717, 1.165) is 17.5 Å². The number of carbonyl (C=O) groups is 2. The number of carboxylic acid groups (broad SMARTS) is 1.